The SMILES string of the molecule is CC(C)(C)OC(=O)NC1(C(=O)O)CC1c1ccccc1. The first-order chi connectivity index (χ1) is 9.24. The Balaban J connectivity index is 2.11. The maximum Gasteiger partial charge on any atom is 0.408 e. The number of nitrogens with one attached hydrogen (secondary N) is 1. The summed E-state index contributed by atoms with van der Waals surface area (Å²) in [6.07, 6.45) is -0.315. The third-order valence-corrected chi connectivity index (χ3v) is 3.27. The Morgan fingerprint density at radius 1 is 1.30 bits per heavy atom. The van der Waals surface area contributed by atoms with Crippen molar-refractivity contribution in [2.24, 2.45) is 0 Å². The van der Waals surface area contributed by atoms with E-state index in [-0.39, 0.29) is 5.92 Å². The van der Waals surface area contributed by atoms with Gasteiger partial charge in [-0.05, 0) is 32.8 Å². The molecule has 1 fully saturated rings. The van der Waals surface area contributed by atoms with E-state index in [4.69, 9.17) is 4.74 Å². The summed E-state index contributed by atoms with van der Waals surface area (Å²) in [7, 11) is 0. The third-order valence-electron chi connectivity index (χ3n) is 3.27. The molecule has 0 radical (unpaired) electrons. The molecule has 2 unspecified atom stereocenters. The van der Waals surface area contributed by atoms with Crippen LogP contribution in [0.3, 0.4) is 0 Å². The van der Waals surface area contributed by atoms with Gasteiger partial charge in [0.05, 0.1) is 0 Å². The van der Waals surface area contributed by atoms with Gasteiger partial charge in [-0.3, -0.25) is 0 Å². The van der Waals surface area contributed by atoms with Crippen LogP contribution in [0.25, 0.3) is 0 Å². The van der Waals surface area contributed by atoms with Crippen molar-refractivity contribution in [1.82, 2.24) is 5.32 Å². The summed E-state index contributed by atoms with van der Waals surface area (Å²) >= 11 is 0. The fourth-order valence-corrected chi connectivity index (χ4v) is 2.26. The van der Waals surface area contributed by atoms with Crippen LogP contribution in [0.2, 0.25) is 0 Å². The number of ether oxygens (including phenoxy) is 1. The molecular weight excluding hydrogens is 258 g/mol. The third kappa shape index (κ3) is 2.92. The lowest BCUT2D eigenvalue weighted by molar-refractivity contribution is -0.140. The Morgan fingerprint density at radius 3 is 2.40 bits per heavy atom. The summed E-state index contributed by atoms with van der Waals surface area (Å²) in [6.45, 7) is 5.21. The second-order valence-corrected chi connectivity index (χ2v) is 6.07. The zero-order valence-electron chi connectivity index (χ0n) is 11.8. The van der Waals surface area contributed by atoms with E-state index < -0.39 is 23.2 Å². The van der Waals surface area contributed by atoms with Crippen molar-refractivity contribution in [1.29, 1.82) is 0 Å². The number of hydrogen-bond donors (Lipinski definition) is 2. The Labute approximate surface area is 117 Å². The second kappa shape index (κ2) is 4.81. The minimum atomic E-state index is -1.25. The number of alkyl carbamates (subject to hydrolysis) is 1. The van der Waals surface area contributed by atoms with Crippen LogP contribution in [-0.4, -0.2) is 28.3 Å². The lowest BCUT2D eigenvalue weighted by Gasteiger charge is -2.22. The van der Waals surface area contributed by atoms with Crippen LogP contribution in [-0.2, 0) is 9.53 Å². The summed E-state index contributed by atoms with van der Waals surface area (Å²) < 4.78 is 5.13. The largest absolute Gasteiger partial charge is 0.479 e. The Hall–Kier alpha value is -2.04. The summed E-state index contributed by atoms with van der Waals surface area (Å²) in [5.74, 6) is -1.24. The van der Waals surface area contributed by atoms with Gasteiger partial charge in [-0.15, -0.1) is 0 Å². The van der Waals surface area contributed by atoms with Gasteiger partial charge in [-0.25, -0.2) is 9.59 Å². The maximum atomic E-state index is 11.8. The van der Waals surface area contributed by atoms with Gasteiger partial charge in [0.2, 0.25) is 0 Å². The van der Waals surface area contributed by atoms with E-state index in [1.54, 1.807) is 20.8 Å². The first-order valence-electron chi connectivity index (χ1n) is 6.54. The number of amides is 1. The number of benzene rings is 1. The molecular formula is C15H19NO4. The predicted octanol–water partition coefficient (Wildman–Crippen LogP) is 2.52. The summed E-state index contributed by atoms with van der Waals surface area (Å²) in [5.41, 5.74) is -0.990. The highest BCUT2D eigenvalue weighted by Gasteiger charge is 2.62. The molecule has 20 heavy (non-hydrogen) atoms. The molecule has 1 aliphatic rings. The van der Waals surface area contributed by atoms with E-state index in [0.29, 0.717) is 6.42 Å². The zero-order chi connectivity index (χ0) is 15.0. The van der Waals surface area contributed by atoms with Crippen LogP contribution >= 0.6 is 0 Å². The van der Waals surface area contributed by atoms with Crippen molar-refractivity contribution >= 4 is 12.1 Å². The Kier molecular flexibility index (Phi) is 3.46. The number of carboxylic acid groups (broad SMARTS) is 1. The predicted molar refractivity (Wildman–Crippen MR) is 73.5 cm³/mol. The van der Waals surface area contributed by atoms with E-state index in [9.17, 15) is 14.7 Å². The second-order valence-electron chi connectivity index (χ2n) is 6.07. The molecule has 1 aromatic carbocycles. The average Bonchev–Trinajstić information content (AvgIpc) is 3.03. The Bertz CT molecular complexity index is 520. The molecule has 5 nitrogen and oxygen atoms in total. The number of rotatable bonds is 3. The minimum Gasteiger partial charge on any atom is -0.479 e. The molecule has 1 aromatic rings. The molecule has 2 atom stereocenters. The molecule has 1 saturated carbocycles. The molecule has 108 valence electrons. The molecule has 2 N–H and O–H groups in total. The molecule has 0 aliphatic heterocycles. The molecule has 2 rings (SSSR count). The van der Waals surface area contributed by atoms with Gasteiger partial charge in [0.1, 0.15) is 11.1 Å². The van der Waals surface area contributed by atoms with E-state index in [0.717, 1.165) is 5.56 Å². The van der Waals surface area contributed by atoms with Gasteiger partial charge in [0.15, 0.2) is 0 Å². The number of carbonyl (C=O) groups is 2. The molecule has 0 bridgehead atoms. The van der Waals surface area contributed by atoms with Crippen LogP contribution < -0.4 is 5.32 Å². The molecule has 1 aliphatic carbocycles. The first-order valence-corrected chi connectivity index (χ1v) is 6.54. The van der Waals surface area contributed by atoms with Crippen molar-refractivity contribution in [2.75, 3.05) is 0 Å². The van der Waals surface area contributed by atoms with E-state index in [1.165, 1.54) is 0 Å². The Morgan fingerprint density at radius 2 is 1.90 bits per heavy atom. The highest BCUT2D eigenvalue weighted by atomic mass is 16.6. The van der Waals surface area contributed by atoms with Gasteiger partial charge in [0, 0.05) is 5.92 Å². The molecule has 0 saturated heterocycles. The van der Waals surface area contributed by atoms with Crippen molar-refractivity contribution in [2.45, 2.75) is 44.2 Å². The first kappa shape index (κ1) is 14.4. The lowest BCUT2D eigenvalue weighted by Crippen LogP contribution is -2.46. The van der Waals surface area contributed by atoms with Gasteiger partial charge >= 0.3 is 12.1 Å². The van der Waals surface area contributed by atoms with Gasteiger partial charge in [-0.1, -0.05) is 30.3 Å². The average molecular weight is 277 g/mol. The quantitative estimate of drug-likeness (QED) is 0.890. The van der Waals surface area contributed by atoms with E-state index >= 15 is 0 Å². The topological polar surface area (TPSA) is 75.6 Å². The standard InChI is InChI=1S/C15H19NO4/c1-14(2,3)20-13(19)16-15(12(17)18)9-11(15)10-7-5-4-6-8-10/h4-8,11H,9H2,1-3H3,(H,16,19)(H,17,18). The van der Waals surface area contributed by atoms with Gasteiger partial charge < -0.3 is 15.2 Å². The van der Waals surface area contributed by atoms with Crippen molar-refractivity contribution in [3.05, 3.63) is 35.9 Å². The van der Waals surface area contributed by atoms with E-state index in [2.05, 4.69) is 5.32 Å². The zero-order valence-corrected chi connectivity index (χ0v) is 11.8. The van der Waals surface area contributed by atoms with Crippen LogP contribution in [0.1, 0.15) is 38.7 Å². The molecule has 0 heterocycles. The highest BCUT2D eigenvalue weighted by molar-refractivity contribution is 5.90. The lowest BCUT2D eigenvalue weighted by atomic mass is 10.1. The number of aliphatic carboxylic acids is 1. The van der Waals surface area contributed by atoms with Crippen LogP contribution in [0, 0.1) is 0 Å². The molecule has 5 heteroatoms. The van der Waals surface area contributed by atoms with E-state index in [1.807, 2.05) is 30.3 Å². The fourth-order valence-electron chi connectivity index (χ4n) is 2.26. The number of hydrogen-bond acceptors (Lipinski definition) is 3. The molecule has 0 aromatic heterocycles. The maximum absolute atomic E-state index is 11.8. The minimum absolute atomic E-state index is 0.214. The smallest absolute Gasteiger partial charge is 0.408 e. The van der Waals surface area contributed by atoms with Crippen molar-refractivity contribution in [3.8, 4) is 0 Å². The molecule has 0 spiro atoms. The van der Waals surface area contributed by atoms with Gasteiger partial charge in [-0.2, -0.15) is 0 Å². The monoisotopic (exact) mass is 277 g/mol. The number of carboxylic acids is 1. The highest BCUT2D eigenvalue weighted by Crippen LogP contribution is 2.51. The van der Waals surface area contributed by atoms with Crippen LogP contribution in [0.5, 0.6) is 0 Å². The summed E-state index contributed by atoms with van der Waals surface area (Å²) in [5, 5.41) is 11.9. The van der Waals surface area contributed by atoms with Crippen molar-refractivity contribution < 1.29 is 19.4 Å². The van der Waals surface area contributed by atoms with Crippen molar-refractivity contribution in [3.63, 3.8) is 0 Å². The molecule has 1 amide bonds. The number of carbonyl (C=O) groups excluding carboxylic acids is 1. The summed E-state index contributed by atoms with van der Waals surface area (Å²) in [6, 6.07) is 9.31. The normalized spacial score (nSPS) is 24.9. The fraction of sp³-hybridized carbons (Fsp3) is 0.467. The van der Waals surface area contributed by atoms with Crippen LogP contribution in [0.4, 0.5) is 4.79 Å². The van der Waals surface area contributed by atoms with Gasteiger partial charge in [0.25, 0.3) is 0 Å². The van der Waals surface area contributed by atoms with Crippen LogP contribution in [0.15, 0.2) is 30.3 Å². The summed E-state index contributed by atoms with van der Waals surface area (Å²) in [4.78, 5) is 23.3.